The van der Waals surface area contributed by atoms with Gasteiger partial charge in [-0.05, 0) is 66.9 Å². The standard InChI is InChI=1S/C24H23N3O/c1-28-20-10-8-19(9-11-20)23-17-24(21-6-2-3-7-22(21)27-23)26-14-4-5-18-12-15-25-16-13-18/h2-3,6-13,15-17H,4-5,14H2,1H3,(H,26,27). The summed E-state index contributed by atoms with van der Waals surface area (Å²) in [6.07, 6.45) is 5.78. The summed E-state index contributed by atoms with van der Waals surface area (Å²) >= 11 is 0. The molecule has 4 heteroatoms. The Labute approximate surface area is 165 Å². The highest BCUT2D eigenvalue weighted by Gasteiger charge is 2.07. The quantitative estimate of drug-likeness (QED) is 0.446. The van der Waals surface area contributed by atoms with Crippen LogP contribution in [0.2, 0.25) is 0 Å². The Morgan fingerprint density at radius 2 is 1.71 bits per heavy atom. The van der Waals surface area contributed by atoms with Gasteiger partial charge in [-0.15, -0.1) is 0 Å². The van der Waals surface area contributed by atoms with Gasteiger partial charge in [0.15, 0.2) is 0 Å². The number of aromatic nitrogens is 2. The molecule has 28 heavy (non-hydrogen) atoms. The van der Waals surface area contributed by atoms with Gasteiger partial charge in [-0.3, -0.25) is 4.98 Å². The van der Waals surface area contributed by atoms with Crippen LogP contribution in [-0.4, -0.2) is 23.6 Å². The number of ether oxygens (including phenoxy) is 1. The van der Waals surface area contributed by atoms with Crippen LogP contribution >= 0.6 is 0 Å². The highest BCUT2D eigenvalue weighted by atomic mass is 16.5. The van der Waals surface area contributed by atoms with Gasteiger partial charge in [0.05, 0.1) is 18.3 Å². The summed E-state index contributed by atoms with van der Waals surface area (Å²) in [5.41, 5.74) is 5.46. The summed E-state index contributed by atoms with van der Waals surface area (Å²) in [6.45, 7) is 0.901. The lowest BCUT2D eigenvalue weighted by Gasteiger charge is -2.12. The number of hydrogen-bond acceptors (Lipinski definition) is 4. The van der Waals surface area contributed by atoms with Crippen LogP contribution in [0.1, 0.15) is 12.0 Å². The van der Waals surface area contributed by atoms with Gasteiger partial charge >= 0.3 is 0 Å². The Morgan fingerprint density at radius 1 is 0.929 bits per heavy atom. The van der Waals surface area contributed by atoms with E-state index in [9.17, 15) is 0 Å². The second kappa shape index (κ2) is 8.53. The van der Waals surface area contributed by atoms with E-state index in [0.29, 0.717) is 0 Å². The van der Waals surface area contributed by atoms with Crippen molar-refractivity contribution in [2.75, 3.05) is 19.0 Å². The molecule has 2 aromatic heterocycles. The number of nitrogens with one attached hydrogen (secondary N) is 1. The van der Waals surface area contributed by atoms with E-state index in [1.54, 1.807) is 7.11 Å². The SMILES string of the molecule is COc1ccc(-c2cc(NCCCc3ccncc3)c3ccccc3n2)cc1. The van der Waals surface area contributed by atoms with Crippen molar-refractivity contribution in [3.63, 3.8) is 0 Å². The minimum absolute atomic E-state index is 0.846. The molecule has 0 saturated carbocycles. The van der Waals surface area contributed by atoms with Crippen LogP contribution in [-0.2, 0) is 6.42 Å². The first-order valence-corrected chi connectivity index (χ1v) is 9.50. The van der Waals surface area contributed by atoms with E-state index in [1.165, 1.54) is 5.56 Å². The van der Waals surface area contributed by atoms with Gasteiger partial charge in [0.25, 0.3) is 0 Å². The van der Waals surface area contributed by atoms with Gasteiger partial charge in [0.2, 0.25) is 0 Å². The van der Waals surface area contributed by atoms with E-state index in [0.717, 1.165) is 53.0 Å². The van der Waals surface area contributed by atoms with Gasteiger partial charge in [-0.1, -0.05) is 18.2 Å². The zero-order valence-corrected chi connectivity index (χ0v) is 15.9. The fraction of sp³-hybridized carbons (Fsp3) is 0.167. The number of rotatable bonds is 7. The maximum Gasteiger partial charge on any atom is 0.118 e. The Kier molecular flexibility index (Phi) is 5.48. The topological polar surface area (TPSA) is 47.0 Å². The number of para-hydroxylation sites is 1. The molecule has 140 valence electrons. The summed E-state index contributed by atoms with van der Waals surface area (Å²) in [7, 11) is 1.68. The highest BCUT2D eigenvalue weighted by Crippen LogP contribution is 2.29. The lowest BCUT2D eigenvalue weighted by Crippen LogP contribution is -2.04. The van der Waals surface area contributed by atoms with Crippen molar-refractivity contribution in [1.29, 1.82) is 0 Å². The predicted octanol–water partition coefficient (Wildman–Crippen LogP) is 5.35. The van der Waals surface area contributed by atoms with Crippen LogP contribution in [0.4, 0.5) is 5.69 Å². The van der Waals surface area contributed by atoms with Gasteiger partial charge in [0.1, 0.15) is 5.75 Å². The fourth-order valence-corrected chi connectivity index (χ4v) is 3.30. The monoisotopic (exact) mass is 369 g/mol. The second-order valence-electron chi connectivity index (χ2n) is 6.69. The molecule has 0 atom stereocenters. The van der Waals surface area contributed by atoms with E-state index < -0.39 is 0 Å². The molecule has 1 N–H and O–H groups in total. The first kappa shape index (κ1) is 18.0. The molecule has 4 aromatic rings. The van der Waals surface area contributed by atoms with Crippen molar-refractivity contribution >= 4 is 16.6 Å². The molecule has 0 aliphatic rings. The predicted molar refractivity (Wildman–Crippen MR) is 115 cm³/mol. The highest BCUT2D eigenvalue weighted by molar-refractivity contribution is 5.93. The number of aryl methyl sites for hydroxylation is 1. The summed E-state index contributed by atoms with van der Waals surface area (Å²) in [5.74, 6) is 0.846. The molecular weight excluding hydrogens is 346 g/mol. The van der Waals surface area contributed by atoms with Gasteiger partial charge in [-0.2, -0.15) is 0 Å². The van der Waals surface area contributed by atoms with Crippen molar-refractivity contribution in [2.24, 2.45) is 0 Å². The average molecular weight is 369 g/mol. The Morgan fingerprint density at radius 3 is 2.50 bits per heavy atom. The maximum absolute atomic E-state index is 5.26. The third kappa shape index (κ3) is 4.12. The van der Waals surface area contributed by atoms with E-state index >= 15 is 0 Å². The zero-order valence-electron chi connectivity index (χ0n) is 15.9. The summed E-state index contributed by atoms with van der Waals surface area (Å²) in [6, 6.07) is 22.6. The van der Waals surface area contributed by atoms with Crippen LogP contribution in [0, 0.1) is 0 Å². The van der Waals surface area contributed by atoms with E-state index in [1.807, 2.05) is 42.7 Å². The molecule has 2 aromatic carbocycles. The fourth-order valence-electron chi connectivity index (χ4n) is 3.30. The smallest absolute Gasteiger partial charge is 0.118 e. The summed E-state index contributed by atoms with van der Waals surface area (Å²) in [5, 5.41) is 4.75. The molecule has 4 rings (SSSR count). The van der Waals surface area contributed by atoms with Crippen molar-refractivity contribution in [3.05, 3.63) is 84.7 Å². The molecule has 0 aliphatic heterocycles. The number of methoxy groups -OCH3 is 1. The Bertz CT molecular complexity index is 1050. The molecule has 0 saturated heterocycles. The largest absolute Gasteiger partial charge is 0.497 e. The minimum atomic E-state index is 0.846. The van der Waals surface area contributed by atoms with E-state index in [-0.39, 0.29) is 0 Å². The minimum Gasteiger partial charge on any atom is -0.497 e. The van der Waals surface area contributed by atoms with Crippen molar-refractivity contribution in [2.45, 2.75) is 12.8 Å². The normalized spacial score (nSPS) is 10.8. The van der Waals surface area contributed by atoms with Crippen LogP contribution in [0.3, 0.4) is 0 Å². The van der Waals surface area contributed by atoms with Crippen LogP contribution in [0.5, 0.6) is 5.75 Å². The maximum atomic E-state index is 5.26. The van der Waals surface area contributed by atoms with Crippen LogP contribution in [0.25, 0.3) is 22.2 Å². The Balaban J connectivity index is 1.55. The van der Waals surface area contributed by atoms with Gasteiger partial charge in [0, 0.05) is 35.6 Å². The van der Waals surface area contributed by atoms with Gasteiger partial charge < -0.3 is 10.1 Å². The second-order valence-corrected chi connectivity index (χ2v) is 6.69. The molecule has 0 spiro atoms. The molecular formula is C24H23N3O. The molecule has 4 nitrogen and oxygen atoms in total. The molecule has 0 radical (unpaired) electrons. The van der Waals surface area contributed by atoms with Gasteiger partial charge in [-0.25, -0.2) is 4.98 Å². The first-order chi connectivity index (χ1) is 13.8. The third-order valence-corrected chi connectivity index (χ3v) is 4.81. The summed E-state index contributed by atoms with van der Waals surface area (Å²) in [4.78, 5) is 8.92. The molecule has 0 bridgehead atoms. The average Bonchev–Trinajstić information content (AvgIpc) is 2.77. The third-order valence-electron chi connectivity index (χ3n) is 4.81. The number of pyridine rings is 2. The summed E-state index contributed by atoms with van der Waals surface area (Å²) < 4.78 is 5.26. The first-order valence-electron chi connectivity index (χ1n) is 9.50. The zero-order chi connectivity index (χ0) is 19.2. The Hall–Kier alpha value is -3.40. The number of fused-ring (bicyclic) bond motifs is 1. The lowest BCUT2D eigenvalue weighted by molar-refractivity contribution is 0.415. The number of hydrogen-bond donors (Lipinski definition) is 1. The molecule has 0 fully saturated rings. The number of anilines is 1. The van der Waals surface area contributed by atoms with Crippen molar-refractivity contribution in [3.8, 4) is 17.0 Å². The van der Waals surface area contributed by atoms with E-state index in [4.69, 9.17) is 9.72 Å². The van der Waals surface area contributed by atoms with Crippen LogP contribution < -0.4 is 10.1 Å². The van der Waals surface area contributed by atoms with E-state index in [2.05, 4.69) is 46.7 Å². The molecule has 0 amide bonds. The number of nitrogens with zero attached hydrogens (tertiary/aromatic N) is 2. The molecule has 0 unspecified atom stereocenters. The molecule has 2 heterocycles. The van der Waals surface area contributed by atoms with Crippen molar-refractivity contribution < 1.29 is 4.74 Å². The van der Waals surface area contributed by atoms with Crippen molar-refractivity contribution in [1.82, 2.24) is 9.97 Å². The lowest BCUT2D eigenvalue weighted by atomic mass is 10.1. The number of benzene rings is 2. The van der Waals surface area contributed by atoms with Crippen LogP contribution in [0.15, 0.2) is 79.1 Å². The molecule has 0 aliphatic carbocycles.